The zero-order valence-corrected chi connectivity index (χ0v) is 10.8. The van der Waals surface area contributed by atoms with E-state index in [0.717, 1.165) is 0 Å². The number of pyridine rings is 1. The molecule has 1 aliphatic rings. The number of rotatable bonds is 2. The topological polar surface area (TPSA) is 112 Å². The number of anilines is 1. The molecule has 2 N–H and O–H groups in total. The number of nitrogens with two attached hydrogens (primary N) is 1. The van der Waals surface area contributed by atoms with E-state index < -0.39 is 9.84 Å². The van der Waals surface area contributed by atoms with Crippen LogP contribution in [0.3, 0.4) is 0 Å². The van der Waals surface area contributed by atoms with Gasteiger partial charge in [0.05, 0.1) is 11.5 Å². The van der Waals surface area contributed by atoms with E-state index in [-0.39, 0.29) is 23.3 Å². The minimum Gasteiger partial charge on any atom is -0.384 e. The minimum atomic E-state index is -2.96. The fourth-order valence-electron chi connectivity index (χ4n) is 2.07. The fourth-order valence-corrected chi connectivity index (χ4v) is 3.81. The third-order valence-electron chi connectivity index (χ3n) is 3.03. The van der Waals surface area contributed by atoms with Gasteiger partial charge in [0.2, 0.25) is 0 Å². The van der Waals surface area contributed by atoms with E-state index in [0.29, 0.717) is 23.8 Å². The summed E-state index contributed by atoms with van der Waals surface area (Å²) in [7, 11) is -2.96. The highest BCUT2D eigenvalue weighted by molar-refractivity contribution is 7.91. The van der Waals surface area contributed by atoms with Crippen LogP contribution in [0.1, 0.15) is 18.2 Å². The smallest absolute Gasteiger partial charge is 0.276 e. The van der Waals surface area contributed by atoms with Crippen molar-refractivity contribution in [3.05, 3.63) is 24.0 Å². The second kappa shape index (κ2) is 4.30. The Kier molecular flexibility index (Phi) is 2.74. The molecule has 3 rings (SSSR count). The van der Waals surface area contributed by atoms with Crippen molar-refractivity contribution in [3.63, 3.8) is 0 Å². The van der Waals surface area contributed by atoms with Crippen LogP contribution in [-0.2, 0) is 9.84 Å². The molecule has 1 atom stereocenters. The predicted molar refractivity (Wildman–Crippen MR) is 68.0 cm³/mol. The summed E-state index contributed by atoms with van der Waals surface area (Å²) in [6.45, 7) is 0. The van der Waals surface area contributed by atoms with Crippen LogP contribution >= 0.6 is 0 Å². The first-order chi connectivity index (χ1) is 9.03. The average molecular weight is 280 g/mol. The van der Waals surface area contributed by atoms with Gasteiger partial charge in [-0.25, -0.2) is 13.4 Å². The van der Waals surface area contributed by atoms with Gasteiger partial charge >= 0.3 is 0 Å². The zero-order valence-electron chi connectivity index (χ0n) is 9.98. The lowest BCUT2D eigenvalue weighted by Crippen LogP contribution is -2.05. The van der Waals surface area contributed by atoms with E-state index in [1.807, 2.05) is 0 Å². The Morgan fingerprint density at radius 2 is 2.16 bits per heavy atom. The predicted octanol–water partition coefficient (Wildman–Crippen LogP) is 0.616. The van der Waals surface area contributed by atoms with Gasteiger partial charge < -0.3 is 10.3 Å². The summed E-state index contributed by atoms with van der Waals surface area (Å²) >= 11 is 0. The SMILES string of the molecule is Nc1cccc(-c2nc(C3CCS(=O)(=O)C3)no2)n1. The number of sulfone groups is 1. The third kappa shape index (κ3) is 2.43. The highest BCUT2D eigenvalue weighted by atomic mass is 32.2. The van der Waals surface area contributed by atoms with Gasteiger partial charge in [0, 0.05) is 5.92 Å². The second-order valence-corrected chi connectivity index (χ2v) is 6.73. The number of hydrogen-bond donors (Lipinski definition) is 1. The molecule has 0 aliphatic carbocycles. The van der Waals surface area contributed by atoms with Crippen LogP contribution in [0.4, 0.5) is 5.82 Å². The molecule has 1 aliphatic heterocycles. The summed E-state index contributed by atoms with van der Waals surface area (Å²) < 4.78 is 28.0. The number of nitrogen functional groups attached to an aromatic ring is 1. The lowest BCUT2D eigenvalue weighted by atomic mass is 10.1. The molecule has 2 aromatic rings. The Balaban J connectivity index is 1.88. The van der Waals surface area contributed by atoms with Crippen molar-refractivity contribution in [2.45, 2.75) is 12.3 Å². The van der Waals surface area contributed by atoms with Gasteiger partial charge in [-0.15, -0.1) is 0 Å². The van der Waals surface area contributed by atoms with Crippen LogP contribution in [0.5, 0.6) is 0 Å². The molecule has 1 fully saturated rings. The average Bonchev–Trinajstić information content (AvgIpc) is 2.95. The first-order valence-electron chi connectivity index (χ1n) is 5.80. The number of nitrogens with zero attached hydrogens (tertiary/aromatic N) is 3. The molecule has 100 valence electrons. The molecule has 0 amide bonds. The van der Waals surface area contributed by atoms with Gasteiger partial charge in [-0.3, -0.25) is 0 Å². The standard InChI is InChI=1S/C11H12N4O3S/c12-9-3-1-2-8(13-9)11-14-10(15-18-11)7-4-5-19(16,17)6-7/h1-3,7H,4-6H2,(H2,12,13). The summed E-state index contributed by atoms with van der Waals surface area (Å²) in [4.78, 5) is 8.28. The molecule has 0 aromatic carbocycles. The Hall–Kier alpha value is -1.96. The molecule has 3 heterocycles. The highest BCUT2D eigenvalue weighted by Gasteiger charge is 2.32. The highest BCUT2D eigenvalue weighted by Crippen LogP contribution is 2.28. The van der Waals surface area contributed by atoms with Gasteiger partial charge in [-0.1, -0.05) is 11.2 Å². The summed E-state index contributed by atoms with van der Waals surface area (Å²) in [5.41, 5.74) is 6.07. The second-order valence-electron chi connectivity index (χ2n) is 4.51. The zero-order chi connectivity index (χ0) is 13.5. The van der Waals surface area contributed by atoms with Crippen LogP contribution in [0, 0.1) is 0 Å². The first kappa shape index (κ1) is 12.1. The van der Waals surface area contributed by atoms with Crippen LogP contribution in [0.15, 0.2) is 22.7 Å². The largest absolute Gasteiger partial charge is 0.384 e. The summed E-state index contributed by atoms with van der Waals surface area (Å²) in [5.74, 6) is 1.10. The quantitative estimate of drug-likeness (QED) is 0.857. The lowest BCUT2D eigenvalue weighted by molar-refractivity contribution is 0.417. The molecule has 1 unspecified atom stereocenters. The van der Waals surface area contributed by atoms with Crippen LogP contribution < -0.4 is 5.73 Å². The Bertz CT molecular complexity index is 710. The summed E-state index contributed by atoms with van der Waals surface area (Å²) in [5, 5.41) is 3.84. The fraction of sp³-hybridized carbons (Fsp3) is 0.364. The van der Waals surface area contributed by atoms with Crippen molar-refractivity contribution >= 4 is 15.7 Å². The third-order valence-corrected chi connectivity index (χ3v) is 4.80. The van der Waals surface area contributed by atoms with Crippen molar-refractivity contribution in [3.8, 4) is 11.6 Å². The van der Waals surface area contributed by atoms with Gasteiger partial charge in [0.1, 0.15) is 11.5 Å². The Morgan fingerprint density at radius 3 is 2.84 bits per heavy atom. The van der Waals surface area contributed by atoms with Gasteiger partial charge in [-0.2, -0.15) is 4.98 Å². The number of hydrogen-bond acceptors (Lipinski definition) is 7. The molecule has 0 radical (unpaired) electrons. The Morgan fingerprint density at radius 1 is 1.32 bits per heavy atom. The van der Waals surface area contributed by atoms with E-state index in [9.17, 15) is 8.42 Å². The molecular formula is C11H12N4O3S. The van der Waals surface area contributed by atoms with Crippen molar-refractivity contribution in [2.24, 2.45) is 0 Å². The van der Waals surface area contributed by atoms with E-state index in [1.165, 1.54) is 0 Å². The van der Waals surface area contributed by atoms with Gasteiger partial charge in [0.25, 0.3) is 5.89 Å². The normalized spacial score (nSPS) is 21.6. The van der Waals surface area contributed by atoms with Crippen LogP contribution in [-0.4, -0.2) is 35.0 Å². The van der Waals surface area contributed by atoms with Crippen molar-refractivity contribution in [1.29, 1.82) is 0 Å². The molecule has 19 heavy (non-hydrogen) atoms. The first-order valence-corrected chi connectivity index (χ1v) is 7.62. The molecular weight excluding hydrogens is 268 g/mol. The Labute approximate surface area is 109 Å². The molecule has 1 saturated heterocycles. The molecule has 7 nitrogen and oxygen atoms in total. The van der Waals surface area contributed by atoms with Gasteiger partial charge in [0.15, 0.2) is 15.7 Å². The van der Waals surface area contributed by atoms with Crippen molar-refractivity contribution < 1.29 is 12.9 Å². The van der Waals surface area contributed by atoms with E-state index in [2.05, 4.69) is 15.1 Å². The number of aromatic nitrogens is 3. The maximum atomic E-state index is 11.4. The van der Waals surface area contributed by atoms with Crippen LogP contribution in [0.25, 0.3) is 11.6 Å². The van der Waals surface area contributed by atoms with Crippen molar-refractivity contribution in [1.82, 2.24) is 15.1 Å². The molecule has 2 aromatic heterocycles. The lowest BCUT2D eigenvalue weighted by Gasteiger charge is -1.98. The molecule has 0 spiro atoms. The van der Waals surface area contributed by atoms with E-state index in [4.69, 9.17) is 10.3 Å². The van der Waals surface area contributed by atoms with Gasteiger partial charge in [-0.05, 0) is 18.6 Å². The molecule has 8 heteroatoms. The summed E-state index contributed by atoms with van der Waals surface area (Å²) in [6, 6.07) is 5.10. The maximum absolute atomic E-state index is 11.4. The monoisotopic (exact) mass is 280 g/mol. The molecule has 0 saturated carbocycles. The van der Waals surface area contributed by atoms with E-state index in [1.54, 1.807) is 18.2 Å². The van der Waals surface area contributed by atoms with Crippen LogP contribution in [0.2, 0.25) is 0 Å². The maximum Gasteiger partial charge on any atom is 0.276 e. The summed E-state index contributed by atoms with van der Waals surface area (Å²) in [6.07, 6.45) is 0.533. The minimum absolute atomic E-state index is 0.0797. The molecule has 0 bridgehead atoms. The van der Waals surface area contributed by atoms with E-state index >= 15 is 0 Å². The van der Waals surface area contributed by atoms with Crippen molar-refractivity contribution in [2.75, 3.05) is 17.2 Å².